The SMILES string of the molecule is C[C@@H](C(=O)NCc1cnc2c(c1)c(Cl)cn2C)N1CC(c2ccccc2)CC1C(N)=O. The van der Waals surface area contributed by atoms with Crippen molar-refractivity contribution in [2.24, 2.45) is 12.8 Å². The molecule has 3 N–H and O–H groups in total. The van der Waals surface area contributed by atoms with Crippen LogP contribution in [0, 0.1) is 0 Å². The molecule has 162 valence electrons. The lowest BCUT2D eigenvalue weighted by Crippen LogP contribution is -2.51. The first kappa shape index (κ1) is 21.3. The third-order valence-corrected chi connectivity index (χ3v) is 6.41. The zero-order valence-corrected chi connectivity index (χ0v) is 18.3. The number of benzene rings is 1. The summed E-state index contributed by atoms with van der Waals surface area (Å²) < 4.78 is 1.86. The Kier molecular flexibility index (Phi) is 5.98. The third kappa shape index (κ3) is 4.29. The van der Waals surface area contributed by atoms with Crippen molar-refractivity contribution < 1.29 is 9.59 Å². The van der Waals surface area contributed by atoms with Gasteiger partial charge in [-0.25, -0.2) is 4.98 Å². The fourth-order valence-corrected chi connectivity index (χ4v) is 4.66. The highest BCUT2D eigenvalue weighted by atomic mass is 35.5. The van der Waals surface area contributed by atoms with Crippen LogP contribution in [0.25, 0.3) is 11.0 Å². The van der Waals surface area contributed by atoms with E-state index in [1.54, 1.807) is 6.20 Å². The van der Waals surface area contributed by atoms with E-state index in [1.165, 1.54) is 0 Å². The standard InChI is InChI=1S/C23H26ClN5O2/c1-14(29-12-17(9-20(29)21(25)30)16-6-4-3-5-7-16)23(31)27-11-15-8-18-19(24)13-28(2)22(18)26-10-15/h3-8,10,13-14,17,20H,9,11-12H2,1-2H3,(H2,25,30)(H,27,31)/t14-,17?,20?/m0/s1. The van der Waals surface area contributed by atoms with E-state index in [2.05, 4.69) is 22.4 Å². The molecule has 1 saturated heterocycles. The van der Waals surface area contributed by atoms with Crippen LogP contribution >= 0.6 is 11.6 Å². The van der Waals surface area contributed by atoms with Crippen LogP contribution in [0.1, 0.15) is 30.4 Å². The smallest absolute Gasteiger partial charge is 0.237 e. The predicted octanol–water partition coefficient (Wildman–Crippen LogP) is 2.57. The summed E-state index contributed by atoms with van der Waals surface area (Å²) in [6, 6.07) is 11.0. The van der Waals surface area contributed by atoms with E-state index in [0.29, 0.717) is 24.5 Å². The Bertz CT molecular complexity index is 1110. The quantitative estimate of drug-likeness (QED) is 0.617. The number of rotatable bonds is 6. The number of hydrogen-bond donors (Lipinski definition) is 2. The molecule has 3 atom stereocenters. The molecule has 2 unspecified atom stereocenters. The van der Waals surface area contributed by atoms with E-state index in [4.69, 9.17) is 17.3 Å². The lowest BCUT2D eigenvalue weighted by molar-refractivity contribution is -0.129. The van der Waals surface area contributed by atoms with Crippen molar-refractivity contribution in [2.45, 2.75) is 37.9 Å². The van der Waals surface area contributed by atoms with Gasteiger partial charge in [0.25, 0.3) is 0 Å². The first-order valence-electron chi connectivity index (χ1n) is 10.3. The molecule has 1 aliphatic rings. The fourth-order valence-electron chi connectivity index (χ4n) is 4.38. The number of primary amides is 1. The van der Waals surface area contributed by atoms with E-state index >= 15 is 0 Å². The van der Waals surface area contributed by atoms with Crippen molar-refractivity contribution in [1.82, 2.24) is 19.8 Å². The molecule has 7 nitrogen and oxygen atoms in total. The summed E-state index contributed by atoms with van der Waals surface area (Å²) in [6.07, 6.45) is 4.16. The molecule has 3 heterocycles. The first-order chi connectivity index (χ1) is 14.8. The largest absolute Gasteiger partial charge is 0.368 e. The number of likely N-dealkylation sites (tertiary alicyclic amines) is 1. The summed E-state index contributed by atoms with van der Waals surface area (Å²) in [5.74, 6) is -0.383. The molecular formula is C23H26ClN5O2. The van der Waals surface area contributed by atoms with Crippen LogP contribution in [0.15, 0.2) is 48.8 Å². The second-order valence-corrected chi connectivity index (χ2v) is 8.56. The molecule has 0 radical (unpaired) electrons. The molecule has 0 saturated carbocycles. The summed E-state index contributed by atoms with van der Waals surface area (Å²) in [7, 11) is 1.89. The number of fused-ring (bicyclic) bond motifs is 1. The molecule has 2 amide bonds. The van der Waals surface area contributed by atoms with E-state index in [-0.39, 0.29) is 11.8 Å². The zero-order valence-electron chi connectivity index (χ0n) is 17.6. The molecule has 2 aromatic heterocycles. The number of nitrogens with two attached hydrogens (primary N) is 1. The highest BCUT2D eigenvalue weighted by Gasteiger charge is 2.40. The molecule has 3 aromatic rings. The average molecular weight is 440 g/mol. The molecule has 0 bridgehead atoms. The van der Waals surface area contributed by atoms with Crippen molar-refractivity contribution in [3.8, 4) is 0 Å². The summed E-state index contributed by atoms with van der Waals surface area (Å²) in [6.45, 7) is 2.75. The fraction of sp³-hybridized carbons (Fsp3) is 0.348. The minimum absolute atomic E-state index is 0.154. The topological polar surface area (TPSA) is 93.2 Å². The van der Waals surface area contributed by atoms with Gasteiger partial charge in [-0.05, 0) is 36.5 Å². The maximum atomic E-state index is 12.9. The number of halogens is 1. The Morgan fingerprint density at radius 3 is 2.77 bits per heavy atom. The number of aromatic nitrogens is 2. The van der Waals surface area contributed by atoms with Gasteiger partial charge in [-0.15, -0.1) is 0 Å². The third-order valence-electron chi connectivity index (χ3n) is 6.10. The summed E-state index contributed by atoms with van der Waals surface area (Å²) in [4.78, 5) is 31.3. The maximum Gasteiger partial charge on any atom is 0.237 e. The maximum absolute atomic E-state index is 12.9. The van der Waals surface area contributed by atoms with E-state index in [1.807, 2.05) is 53.9 Å². The predicted molar refractivity (Wildman–Crippen MR) is 121 cm³/mol. The van der Waals surface area contributed by atoms with Gasteiger partial charge in [-0.2, -0.15) is 0 Å². The van der Waals surface area contributed by atoms with Gasteiger partial charge >= 0.3 is 0 Å². The van der Waals surface area contributed by atoms with E-state index in [0.717, 1.165) is 22.2 Å². The average Bonchev–Trinajstić information content (AvgIpc) is 3.34. The van der Waals surface area contributed by atoms with Gasteiger partial charge in [0.15, 0.2) is 0 Å². The number of pyridine rings is 1. The second-order valence-electron chi connectivity index (χ2n) is 8.15. The van der Waals surface area contributed by atoms with Gasteiger partial charge in [0.2, 0.25) is 11.8 Å². The highest BCUT2D eigenvalue weighted by molar-refractivity contribution is 6.35. The Labute approximate surface area is 186 Å². The Morgan fingerprint density at radius 1 is 1.32 bits per heavy atom. The summed E-state index contributed by atoms with van der Waals surface area (Å²) >= 11 is 6.26. The molecule has 0 aliphatic carbocycles. The number of carbonyl (C=O) groups is 2. The normalized spacial score (nSPS) is 20.1. The molecule has 1 aromatic carbocycles. The Morgan fingerprint density at radius 2 is 2.06 bits per heavy atom. The zero-order chi connectivity index (χ0) is 22.1. The van der Waals surface area contributed by atoms with Crippen LogP contribution in [0.4, 0.5) is 0 Å². The number of nitrogens with zero attached hydrogens (tertiary/aromatic N) is 3. The number of aryl methyl sites for hydroxylation is 1. The number of hydrogen-bond acceptors (Lipinski definition) is 4. The molecule has 8 heteroatoms. The Hall–Kier alpha value is -2.90. The van der Waals surface area contributed by atoms with E-state index in [9.17, 15) is 9.59 Å². The van der Waals surface area contributed by atoms with Gasteiger partial charge in [0.1, 0.15) is 5.65 Å². The van der Waals surface area contributed by atoms with Crippen molar-refractivity contribution >= 4 is 34.4 Å². The molecule has 0 spiro atoms. The van der Waals surface area contributed by atoms with Gasteiger partial charge in [-0.1, -0.05) is 41.9 Å². The van der Waals surface area contributed by atoms with Gasteiger partial charge < -0.3 is 15.6 Å². The lowest BCUT2D eigenvalue weighted by Gasteiger charge is -2.28. The van der Waals surface area contributed by atoms with Crippen LogP contribution in [0.3, 0.4) is 0 Å². The number of nitrogens with one attached hydrogen (secondary N) is 1. The molecule has 31 heavy (non-hydrogen) atoms. The highest BCUT2D eigenvalue weighted by Crippen LogP contribution is 2.33. The van der Waals surface area contributed by atoms with Gasteiger partial charge in [0.05, 0.1) is 17.1 Å². The van der Waals surface area contributed by atoms with Crippen molar-refractivity contribution in [3.63, 3.8) is 0 Å². The number of amides is 2. The summed E-state index contributed by atoms with van der Waals surface area (Å²) in [5, 5.41) is 4.43. The first-order valence-corrected chi connectivity index (χ1v) is 10.7. The van der Waals surface area contributed by atoms with Crippen LogP contribution in [0.5, 0.6) is 0 Å². The molecular weight excluding hydrogens is 414 g/mol. The monoisotopic (exact) mass is 439 g/mol. The van der Waals surface area contributed by atoms with Crippen LogP contribution in [-0.4, -0.2) is 44.9 Å². The lowest BCUT2D eigenvalue weighted by atomic mass is 9.96. The van der Waals surface area contributed by atoms with Crippen molar-refractivity contribution in [2.75, 3.05) is 6.54 Å². The molecule has 1 fully saturated rings. The minimum Gasteiger partial charge on any atom is -0.368 e. The van der Waals surface area contributed by atoms with Crippen LogP contribution in [-0.2, 0) is 23.2 Å². The van der Waals surface area contributed by atoms with Gasteiger partial charge in [0, 0.05) is 37.9 Å². The van der Waals surface area contributed by atoms with Crippen LogP contribution < -0.4 is 11.1 Å². The van der Waals surface area contributed by atoms with Crippen molar-refractivity contribution in [1.29, 1.82) is 0 Å². The van der Waals surface area contributed by atoms with E-state index < -0.39 is 18.0 Å². The molecule has 4 rings (SSSR count). The minimum atomic E-state index is -0.483. The van der Waals surface area contributed by atoms with Gasteiger partial charge in [-0.3, -0.25) is 14.5 Å². The molecule has 1 aliphatic heterocycles. The van der Waals surface area contributed by atoms with Crippen LogP contribution in [0.2, 0.25) is 5.02 Å². The Balaban J connectivity index is 1.44. The number of carbonyl (C=O) groups excluding carboxylic acids is 2. The van der Waals surface area contributed by atoms with Crippen molar-refractivity contribution in [3.05, 3.63) is 64.9 Å². The second kappa shape index (κ2) is 8.69. The summed E-state index contributed by atoms with van der Waals surface area (Å²) in [5.41, 5.74) is 8.47.